The summed E-state index contributed by atoms with van der Waals surface area (Å²) in [5.74, 6) is 2.00. The maximum Gasteiger partial charge on any atom is 0.0199 e. The van der Waals surface area contributed by atoms with Crippen molar-refractivity contribution in [3.8, 4) is 0 Å². The van der Waals surface area contributed by atoms with Gasteiger partial charge >= 0.3 is 0 Å². The van der Waals surface area contributed by atoms with Crippen LogP contribution in [0.1, 0.15) is 64.2 Å². The third-order valence-electron chi connectivity index (χ3n) is 10.6. The maximum absolute atomic E-state index is 2.63. The van der Waals surface area contributed by atoms with Gasteiger partial charge in [0.2, 0.25) is 0 Å². The molecule has 0 aromatic heterocycles. The van der Waals surface area contributed by atoms with Crippen molar-refractivity contribution in [1.82, 2.24) is 0 Å². The standard InChI is InChI=1S/C40H40/c1-2-12-31-26-32(25-22-27(31)10-1)28-20-23-30(24-21-28)39-35-15-5-7-17-37(35)40(38-18-8-6-16-36(38)39)34-19-9-13-29-11-3-4-14-33(29)34/h2-5,7,9,11-12,14-20,26,29-30,37,40H,1,6,8,10,13,21-25H2. The molecular weight excluding hydrogens is 480 g/mol. The summed E-state index contributed by atoms with van der Waals surface area (Å²) < 4.78 is 0. The summed E-state index contributed by atoms with van der Waals surface area (Å²) in [6, 6.07) is 0. The van der Waals surface area contributed by atoms with Gasteiger partial charge in [-0.3, -0.25) is 0 Å². The molecule has 4 unspecified atom stereocenters. The van der Waals surface area contributed by atoms with Crippen molar-refractivity contribution in [1.29, 1.82) is 0 Å². The lowest BCUT2D eigenvalue weighted by Gasteiger charge is -2.44. The molecule has 8 aliphatic rings. The molecule has 40 heavy (non-hydrogen) atoms. The quantitative estimate of drug-likeness (QED) is 0.347. The Morgan fingerprint density at radius 3 is 2.45 bits per heavy atom. The third kappa shape index (κ3) is 4.11. The Labute approximate surface area is 240 Å². The highest BCUT2D eigenvalue weighted by Gasteiger charge is 2.41. The van der Waals surface area contributed by atoms with Crippen LogP contribution < -0.4 is 0 Å². The fraction of sp³-hybridized carbons (Fsp3) is 0.350. The van der Waals surface area contributed by atoms with Crippen LogP contribution in [0.25, 0.3) is 0 Å². The Balaban J connectivity index is 1.16. The van der Waals surface area contributed by atoms with Crippen molar-refractivity contribution < 1.29 is 0 Å². The summed E-state index contributed by atoms with van der Waals surface area (Å²) in [6.07, 6.45) is 51.0. The van der Waals surface area contributed by atoms with Gasteiger partial charge in [0.25, 0.3) is 0 Å². The van der Waals surface area contributed by atoms with Gasteiger partial charge in [0.1, 0.15) is 0 Å². The summed E-state index contributed by atoms with van der Waals surface area (Å²) in [7, 11) is 0. The second kappa shape index (κ2) is 10.2. The van der Waals surface area contributed by atoms with E-state index in [0.717, 1.165) is 6.42 Å². The molecule has 4 atom stereocenters. The first-order valence-electron chi connectivity index (χ1n) is 15.9. The lowest BCUT2D eigenvalue weighted by Crippen LogP contribution is -2.32. The predicted molar refractivity (Wildman–Crippen MR) is 168 cm³/mol. The molecule has 0 N–H and O–H groups in total. The summed E-state index contributed by atoms with van der Waals surface area (Å²) in [5.41, 5.74) is 16.0. The van der Waals surface area contributed by atoms with Crippen LogP contribution in [0.5, 0.6) is 0 Å². The molecule has 200 valence electrons. The first-order valence-corrected chi connectivity index (χ1v) is 15.9. The van der Waals surface area contributed by atoms with Gasteiger partial charge in [-0.2, -0.15) is 0 Å². The monoisotopic (exact) mass is 520 g/mol. The zero-order valence-corrected chi connectivity index (χ0v) is 23.6. The Morgan fingerprint density at radius 1 is 0.625 bits per heavy atom. The lowest BCUT2D eigenvalue weighted by molar-refractivity contribution is 0.496. The van der Waals surface area contributed by atoms with Crippen molar-refractivity contribution in [2.75, 3.05) is 0 Å². The fourth-order valence-corrected chi connectivity index (χ4v) is 8.70. The molecule has 0 heteroatoms. The number of hydrogen-bond acceptors (Lipinski definition) is 0. The molecule has 0 saturated heterocycles. The van der Waals surface area contributed by atoms with Crippen LogP contribution in [0.4, 0.5) is 0 Å². The van der Waals surface area contributed by atoms with E-state index in [2.05, 4.69) is 97.2 Å². The first kappa shape index (κ1) is 24.4. The highest BCUT2D eigenvalue weighted by molar-refractivity contribution is 5.65. The van der Waals surface area contributed by atoms with Crippen LogP contribution in [0.3, 0.4) is 0 Å². The molecule has 8 aliphatic carbocycles. The van der Waals surface area contributed by atoms with Crippen LogP contribution in [0.2, 0.25) is 0 Å². The Hall–Kier alpha value is -3.38. The van der Waals surface area contributed by atoms with E-state index in [0.29, 0.717) is 23.7 Å². The van der Waals surface area contributed by atoms with Gasteiger partial charge in [-0.25, -0.2) is 0 Å². The molecule has 0 aromatic carbocycles. The second-order valence-electron chi connectivity index (χ2n) is 12.7. The molecule has 0 saturated carbocycles. The Morgan fingerprint density at radius 2 is 1.52 bits per heavy atom. The van der Waals surface area contributed by atoms with E-state index in [1.165, 1.54) is 63.4 Å². The average Bonchev–Trinajstić information content (AvgIpc) is 3.03. The van der Waals surface area contributed by atoms with E-state index < -0.39 is 0 Å². The fourth-order valence-electron chi connectivity index (χ4n) is 8.70. The second-order valence-corrected chi connectivity index (χ2v) is 12.7. The Kier molecular flexibility index (Phi) is 6.24. The van der Waals surface area contributed by atoms with E-state index in [4.69, 9.17) is 0 Å². The van der Waals surface area contributed by atoms with Crippen LogP contribution in [0, 0.1) is 23.7 Å². The largest absolute Gasteiger partial charge is 0.0836 e. The predicted octanol–water partition coefficient (Wildman–Crippen LogP) is 10.4. The summed E-state index contributed by atoms with van der Waals surface area (Å²) >= 11 is 0. The van der Waals surface area contributed by atoms with Gasteiger partial charge in [0.05, 0.1) is 0 Å². The third-order valence-corrected chi connectivity index (χ3v) is 10.6. The molecule has 0 nitrogen and oxygen atoms in total. The van der Waals surface area contributed by atoms with Gasteiger partial charge < -0.3 is 0 Å². The number of hydrogen-bond donors (Lipinski definition) is 0. The minimum Gasteiger partial charge on any atom is -0.0836 e. The van der Waals surface area contributed by atoms with Crippen LogP contribution in [0.15, 0.2) is 153 Å². The van der Waals surface area contributed by atoms with Crippen molar-refractivity contribution in [2.45, 2.75) is 64.2 Å². The minimum atomic E-state index is 0.421. The van der Waals surface area contributed by atoms with Gasteiger partial charge in [-0.15, -0.1) is 0 Å². The molecule has 0 aliphatic heterocycles. The summed E-state index contributed by atoms with van der Waals surface area (Å²) in [6.45, 7) is 0. The average molecular weight is 521 g/mol. The first-order chi connectivity index (χ1) is 19.8. The molecule has 0 heterocycles. The topological polar surface area (TPSA) is 0 Å². The highest BCUT2D eigenvalue weighted by Crippen LogP contribution is 2.54. The van der Waals surface area contributed by atoms with E-state index >= 15 is 0 Å². The lowest BCUT2D eigenvalue weighted by atomic mass is 9.60. The van der Waals surface area contributed by atoms with Crippen molar-refractivity contribution in [2.24, 2.45) is 23.7 Å². The van der Waals surface area contributed by atoms with E-state index in [1.807, 2.05) is 0 Å². The SMILES string of the molecule is C1=CC2=C(C3C4=CCCC=C4C(C4CC=C(C5=CC6=C(CCC=C6)CC5)CC4)=C4C=CC=CC43)C=CCC2C=C1. The van der Waals surface area contributed by atoms with Crippen molar-refractivity contribution >= 4 is 0 Å². The zero-order chi connectivity index (χ0) is 26.5. The van der Waals surface area contributed by atoms with Gasteiger partial charge in [-0.05, 0) is 120 Å². The van der Waals surface area contributed by atoms with Crippen LogP contribution in [-0.4, -0.2) is 0 Å². The number of rotatable bonds is 3. The number of fused-ring (bicyclic) bond motifs is 3. The van der Waals surface area contributed by atoms with Gasteiger partial charge in [0.15, 0.2) is 0 Å². The Bertz CT molecular complexity index is 1540. The summed E-state index contributed by atoms with van der Waals surface area (Å²) in [5, 5.41) is 0. The van der Waals surface area contributed by atoms with Crippen LogP contribution in [-0.2, 0) is 0 Å². The molecule has 0 bridgehead atoms. The van der Waals surface area contributed by atoms with Crippen LogP contribution >= 0.6 is 0 Å². The normalized spacial score (nSPS) is 32.2. The molecule has 0 spiro atoms. The van der Waals surface area contributed by atoms with E-state index in [1.54, 1.807) is 50.2 Å². The molecule has 0 radical (unpaired) electrons. The van der Waals surface area contributed by atoms with E-state index in [9.17, 15) is 0 Å². The van der Waals surface area contributed by atoms with Crippen molar-refractivity contribution in [3.05, 3.63) is 153 Å². The molecule has 0 aromatic rings. The highest BCUT2D eigenvalue weighted by atomic mass is 14.4. The summed E-state index contributed by atoms with van der Waals surface area (Å²) in [4.78, 5) is 0. The van der Waals surface area contributed by atoms with E-state index in [-0.39, 0.29) is 0 Å². The minimum absolute atomic E-state index is 0.421. The number of allylic oxidation sites excluding steroid dienone is 26. The smallest absolute Gasteiger partial charge is 0.0199 e. The molecular formula is C40H40. The van der Waals surface area contributed by atoms with Gasteiger partial charge in [-0.1, -0.05) is 103 Å². The molecule has 0 amide bonds. The van der Waals surface area contributed by atoms with Gasteiger partial charge in [0, 0.05) is 17.8 Å². The molecule has 8 rings (SSSR count). The zero-order valence-electron chi connectivity index (χ0n) is 23.6. The molecule has 0 fully saturated rings. The van der Waals surface area contributed by atoms with Crippen molar-refractivity contribution in [3.63, 3.8) is 0 Å². The maximum atomic E-state index is 2.63.